The Morgan fingerprint density at radius 1 is 1.30 bits per heavy atom. The highest BCUT2D eigenvalue weighted by Gasteiger charge is 2.21. The van der Waals surface area contributed by atoms with Gasteiger partial charge in [-0.05, 0) is 37.6 Å². The van der Waals surface area contributed by atoms with Crippen molar-refractivity contribution in [2.24, 2.45) is 10.7 Å². The first-order valence-electron chi connectivity index (χ1n) is 7.84. The summed E-state index contributed by atoms with van der Waals surface area (Å²) in [7, 11) is 0. The van der Waals surface area contributed by atoms with Crippen molar-refractivity contribution in [3.63, 3.8) is 0 Å². The second-order valence-electron chi connectivity index (χ2n) is 5.83. The Kier molecular flexibility index (Phi) is 4.46. The summed E-state index contributed by atoms with van der Waals surface area (Å²) in [6, 6.07) is 12.3. The van der Waals surface area contributed by atoms with E-state index in [4.69, 9.17) is 10.5 Å². The molecular formula is C18H22N4O. The number of benzene rings is 1. The number of guanidine groups is 1. The third-order valence-corrected chi connectivity index (χ3v) is 3.85. The number of fused-ring (bicyclic) bond motifs is 1. The van der Waals surface area contributed by atoms with E-state index in [-0.39, 0.29) is 6.04 Å². The van der Waals surface area contributed by atoms with Crippen LogP contribution in [0.15, 0.2) is 41.4 Å². The van der Waals surface area contributed by atoms with Crippen LogP contribution in [0.4, 0.5) is 0 Å². The molecule has 2 aromatic rings. The van der Waals surface area contributed by atoms with Crippen LogP contribution in [0, 0.1) is 13.8 Å². The van der Waals surface area contributed by atoms with Crippen LogP contribution in [0.2, 0.25) is 0 Å². The molecule has 23 heavy (non-hydrogen) atoms. The molecule has 0 saturated heterocycles. The molecule has 0 spiro atoms. The molecule has 0 amide bonds. The standard InChI is InChI=1S/C18H22N4O/c1-12-9-14(10-13(2)21-12)11-20-18(19)22-16-7-8-23-17-6-4-3-5-15(16)17/h3-6,9-10,16H,7-8,11H2,1-2H3,(H3,19,20,22). The number of aryl methyl sites for hydroxylation is 2. The van der Waals surface area contributed by atoms with E-state index >= 15 is 0 Å². The maximum absolute atomic E-state index is 6.07. The molecule has 1 aromatic carbocycles. The van der Waals surface area contributed by atoms with Crippen molar-refractivity contribution in [2.75, 3.05) is 6.61 Å². The topological polar surface area (TPSA) is 72.5 Å². The summed E-state index contributed by atoms with van der Waals surface area (Å²) in [4.78, 5) is 8.83. The largest absolute Gasteiger partial charge is 0.493 e. The van der Waals surface area contributed by atoms with E-state index in [0.29, 0.717) is 19.1 Å². The maximum Gasteiger partial charge on any atom is 0.189 e. The summed E-state index contributed by atoms with van der Waals surface area (Å²) in [6.07, 6.45) is 0.876. The van der Waals surface area contributed by atoms with Gasteiger partial charge in [0.2, 0.25) is 0 Å². The zero-order valence-corrected chi connectivity index (χ0v) is 13.5. The average Bonchev–Trinajstić information content (AvgIpc) is 2.52. The molecule has 0 aliphatic carbocycles. The van der Waals surface area contributed by atoms with Gasteiger partial charge in [0.05, 0.1) is 19.2 Å². The highest BCUT2D eigenvalue weighted by Crippen LogP contribution is 2.31. The lowest BCUT2D eigenvalue weighted by Gasteiger charge is -2.26. The van der Waals surface area contributed by atoms with Gasteiger partial charge in [0.25, 0.3) is 0 Å². The van der Waals surface area contributed by atoms with Crippen molar-refractivity contribution in [1.82, 2.24) is 10.3 Å². The molecule has 0 radical (unpaired) electrons. The molecule has 0 bridgehead atoms. The highest BCUT2D eigenvalue weighted by molar-refractivity contribution is 5.78. The normalized spacial score (nSPS) is 17.3. The lowest BCUT2D eigenvalue weighted by molar-refractivity contribution is 0.262. The summed E-state index contributed by atoms with van der Waals surface area (Å²) in [6.45, 7) is 5.21. The first-order valence-corrected chi connectivity index (χ1v) is 7.84. The van der Waals surface area contributed by atoms with Crippen LogP contribution in [0.25, 0.3) is 0 Å². The minimum Gasteiger partial charge on any atom is -0.493 e. The number of rotatable bonds is 3. The van der Waals surface area contributed by atoms with Gasteiger partial charge in [0.15, 0.2) is 5.96 Å². The molecule has 3 N–H and O–H groups in total. The first kappa shape index (κ1) is 15.3. The number of hydrogen-bond donors (Lipinski definition) is 2. The summed E-state index contributed by atoms with van der Waals surface area (Å²) < 4.78 is 5.66. The number of aromatic nitrogens is 1. The Balaban J connectivity index is 1.68. The van der Waals surface area contributed by atoms with Gasteiger partial charge in [-0.3, -0.25) is 4.98 Å². The molecule has 0 saturated carbocycles. The Labute approximate surface area is 136 Å². The molecule has 5 heteroatoms. The van der Waals surface area contributed by atoms with Gasteiger partial charge < -0.3 is 15.8 Å². The number of nitrogens with zero attached hydrogens (tertiary/aromatic N) is 2. The minimum atomic E-state index is 0.143. The second kappa shape index (κ2) is 6.69. The average molecular weight is 310 g/mol. The summed E-state index contributed by atoms with van der Waals surface area (Å²) in [5.41, 5.74) is 10.3. The predicted octanol–water partition coefficient (Wildman–Crippen LogP) is 2.63. The van der Waals surface area contributed by atoms with Gasteiger partial charge in [0.1, 0.15) is 5.75 Å². The summed E-state index contributed by atoms with van der Waals surface area (Å²) in [5, 5.41) is 3.31. The smallest absolute Gasteiger partial charge is 0.189 e. The molecule has 1 aliphatic heterocycles. The van der Waals surface area contributed by atoms with Crippen LogP contribution in [0.3, 0.4) is 0 Å². The summed E-state index contributed by atoms with van der Waals surface area (Å²) >= 11 is 0. The zero-order chi connectivity index (χ0) is 16.2. The van der Waals surface area contributed by atoms with Gasteiger partial charge in [-0.2, -0.15) is 0 Å². The Hall–Kier alpha value is -2.56. The van der Waals surface area contributed by atoms with Crippen LogP contribution < -0.4 is 15.8 Å². The number of aliphatic imine (C=N–C) groups is 1. The van der Waals surface area contributed by atoms with E-state index in [1.54, 1.807) is 0 Å². The monoisotopic (exact) mass is 310 g/mol. The molecule has 2 heterocycles. The lowest BCUT2D eigenvalue weighted by Crippen LogP contribution is -2.37. The fraction of sp³-hybridized carbons (Fsp3) is 0.333. The van der Waals surface area contributed by atoms with E-state index < -0.39 is 0 Å². The fourth-order valence-corrected chi connectivity index (χ4v) is 2.90. The van der Waals surface area contributed by atoms with Crippen molar-refractivity contribution in [3.05, 3.63) is 58.9 Å². The third kappa shape index (κ3) is 3.80. The Morgan fingerprint density at radius 2 is 2.04 bits per heavy atom. The van der Waals surface area contributed by atoms with Crippen LogP contribution in [-0.4, -0.2) is 17.6 Å². The predicted molar refractivity (Wildman–Crippen MR) is 91.5 cm³/mol. The Morgan fingerprint density at radius 3 is 2.83 bits per heavy atom. The zero-order valence-electron chi connectivity index (χ0n) is 13.5. The first-order chi connectivity index (χ1) is 11.1. The van der Waals surface area contributed by atoms with Crippen LogP contribution in [-0.2, 0) is 6.54 Å². The number of para-hydroxylation sites is 1. The number of ether oxygens (including phenoxy) is 1. The minimum absolute atomic E-state index is 0.143. The van der Waals surface area contributed by atoms with E-state index in [2.05, 4.69) is 21.4 Å². The quantitative estimate of drug-likeness (QED) is 0.675. The van der Waals surface area contributed by atoms with Crippen LogP contribution in [0.5, 0.6) is 5.75 Å². The fourth-order valence-electron chi connectivity index (χ4n) is 2.90. The Bertz CT molecular complexity index is 706. The van der Waals surface area contributed by atoms with Gasteiger partial charge in [-0.25, -0.2) is 4.99 Å². The number of nitrogens with two attached hydrogens (primary N) is 1. The maximum atomic E-state index is 6.07. The van der Waals surface area contributed by atoms with Gasteiger partial charge in [-0.15, -0.1) is 0 Å². The van der Waals surface area contributed by atoms with Gasteiger partial charge in [-0.1, -0.05) is 18.2 Å². The molecule has 1 aromatic heterocycles. The summed E-state index contributed by atoms with van der Waals surface area (Å²) in [5.74, 6) is 1.38. The van der Waals surface area contributed by atoms with E-state index in [1.807, 2.05) is 44.2 Å². The molecule has 1 atom stereocenters. The van der Waals surface area contributed by atoms with Crippen molar-refractivity contribution in [2.45, 2.75) is 32.9 Å². The van der Waals surface area contributed by atoms with E-state index in [9.17, 15) is 0 Å². The van der Waals surface area contributed by atoms with E-state index in [1.165, 1.54) is 0 Å². The van der Waals surface area contributed by atoms with Crippen molar-refractivity contribution < 1.29 is 4.74 Å². The molecule has 3 rings (SSSR count). The number of nitrogens with one attached hydrogen (secondary N) is 1. The van der Waals surface area contributed by atoms with Gasteiger partial charge >= 0.3 is 0 Å². The van der Waals surface area contributed by atoms with Crippen LogP contribution in [0.1, 0.15) is 35.0 Å². The van der Waals surface area contributed by atoms with Crippen molar-refractivity contribution >= 4 is 5.96 Å². The second-order valence-corrected chi connectivity index (χ2v) is 5.83. The van der Waals surface area contributed by atoms with Crippen LogP contribution >= 0.6 is 0 Å². The number of hydrogen-bond acceptors (Lipinski definition) is 3. The molecule has 0 fully saturated rings. The molecule has 1 unspecified atom stereocenters. The third-order valence-electron chi connectivity index (χ3n) is 3.85. The van der Waals surface area contributed by atoms with E-state index in [0.717, 1.165) is 34.7 Å². The lowest BCUT2D eigenvalue weighted by atomic mass is 10.0. The molecular weight excluding hydrogens is 288 g/mol. The van der Waals surface area contributed by atoms with Crippen molar-refractivity contribution in [3.8, 4) is 5.75 Å². The van der Waals surface area contributed by atoms with Crippen molar-refractivity contribution in [1.29, 1.82) is 0 Å². The number of pyridine rings is 1. The highest BCUT2D eigenvalue weighted by atomic mass is 16.5. The van der Waals surface area contributed by atoms with Gasteiger partial charge in [0, 0.05) is 23.4 Å². The molecule has 120 valence electrons. The SMILES string of the molecule is Cc1cc(CN=C(N)NC2CCOc3ccccc32)cc(C)n1. The molecule has 1 aliphatic rings. The molecule has 5 nitrogen and oxygen atoms in total.